The van der Waals surface area contributed by atoms with Gasteiger partial charge in [-0.1, -0.05) is 0 Å². The van der Waals surface area contributed by atoms with Gasteiger partial charge in [-0.2, -0.15) is 13.2 Å². The van der Waals surface area contributed by atoms with Crippen LogP contribution in [0.5, 0.6) is 0 Å². The summed E-state index contributed by atoms with van der Waals surface area (Å²) < 4.78 is 36.4. The molecule has 0 N–H and O–H groups in total. The molecule has 14 heavy (non-hydrogen) atoms. The molecule has 0 aromatic heterocycles. The van der Waals surface area contributed by atoms with Crippen LogP contribution in [-0.4, -0.2) is 54.1 Å². The molecule has 3 aliphatic rings. The van der Waals surface area contributed by atoms with Gasteiger partial charge in [-0.3, -0.25) is 4.79 Å². The summed E-state index contributed by atoms with van der Waals surface area (Å²) in [7, 11) is 1.86. The predicted octanol–water partition coefficient (Wildman–Crippen LogP) is 0.464. The van der Waals surface area contributed by atoms with E-state index in [1.807, 2.05) is 11.9 Å². The molecule has 6 heteroatoms. The minimum Gasteiger partial charge on any atom is -0.326 e. The van der Waals surface area contributed by atoms with Crippen LogP contribution in [0.4, 0.5) is 13.2 Å². The van der Waals surface area contributed by atoms with Gasteiger partial charge < -0.3 is 9.80 Å². The van der Waals surface area contributed by atoms with Crippen LogP contribution in [0, 0.1) is 0 Å². The Balaban J connectivity index is 2.05. The molecule has 0 radical (unpaired) electrons. The molecule has 2 unspecified atom stereocenters. The van der Waals surface area contributed by atoms with Gasteiger partial charge in [0.15, 0.2) is 0 Å². The molecule has 3 aliphatic heterocycles. The number of rotatable bonds is 0. The fourth-order valence-corrected chi connectivity index (χ4v) is 2.30. The number of hydrogen-bond donors (Lipinski definition) is 0. The van der Waals surface area contributed by atoms with Gasteiger partial charge in [0.1, 0.15) is 0 Å². The number of piperidine rings is 1. The lowest BCUT2D eigenvalue weighted by Gasteiger charge is -2.55. The van der Waals surface area contributed by atoms with E-state index >= 15 is 0 Å². The molecule has 0 saturated carbocycles. The largest absolute Gasteiger partial charge is 0.471 e. The summed E-state index contributed by atoms with van der Waals surface area (Å²) in [6, 6.07) is -0.458. The van der Waals surface area contributed by atoms with Gasteiger partial charge in [0.25, 0.3) is 0 Å². The standard InChI is InChI=1S/C8H11F3N2O/c1-12-3-5-2-6(4-12)13(5)7(14)8(9,10)11/h5-6H,2-4H2,1H3. The third-order valence-corrected chi connectivity index (χ3v) is 2.85. The molecule has 0 aromatic carbocycles. The minimum atomic E-state index is -4.72. The van der Waals surface area contributed by atoms with Crippen LogP contribution in [0.1, 0.15) is 6.42 Å². The molecule has 3 heterocycles. The van der Waals surface area contributed by atoms with E-state index in [9.17, 15) is 18.0 Å². The number of likely N-dealkylation sites (N-methyl/N-ethyl adjacent to an activating group) is 1. The molecule has 3 nitrogen and oxygen atoms in total. The molecule has 2 atom stereocenters. The van der Waals surface area contributed by atoms with Crippen LogP contribution in [0.2, 0.25) is 0 Å². The first kappa shape index (κ1) is 9.76. The first-order valence-electron chi connectivity index (χ1n) is 4.47. The molecule has 3 fully saturated rings. The topological polar surface area (TPSA) is 23.6 Å². The normalized spacial score (nSPS) is 32.7. The molecule has 80 valence electrons. The minimum absolute atomic E-state index is 0.229. The molecule has 2 bridgehead atoms. The maximum Gasteiger partial charge on any atom is 0.471 e. The van der Waals surface area contributed by atoms with Crippen LogP contribution >= 0.6 is 0 Å². The monoisotopic (exact) mass is 208 g/mol. The van der Waals surface area contributed by atoms with E-state index in [2.05, 4.69) is 0 Å². The molecule has 0 aromatic rings. The number of carbonyl (C=O) groups is 1. The van der Waals surface area contributed by atoms with E-state index in [0.717, 1.165) is 4.90 Å². The molecular formula is C8H11F3N2O. The fraction of sp³-hybridized carbons (Fsp3) is 0.875. The summed E-state index contributed by atoms with van der Waals surface area (Å²) in [4.78, 5) is 13.9. The smallest absolute Gasteiger partial charge is 0.326 e. The van der Waals surface area contributed by atoms with Crippen molar-refractivity contribution in [3.63, 3.8) is 0 Å². The maximum atomic E-state index is 12.1. The van der Waals surface area contributed by atoms with Crippen molar-refractivity contribution < 1.29 is 18.0 Å². The van der Waals surface area contributed by atoms with Crippen LogP contribution in [0.15, 0.2) is 0 Å². The summed E-state index contributed by atoms with van der Waals surface area (Å²) in [5.74, 6) is -1.67. The highest BCUT2D eigenvalue weighted by Gasteiger charge is 2.54. The lowest BCUT2D eigenvalue weighted by molar-refractivity contribution is -0.204. The van der Waals surface area contributed by atoms with Gasteiger partial charge in [0, 0.05) is 25.2 Å². The number of hydrogen-bond acceptors (Lipinski definition) is 2. The highest BCUT2D eigenvalue weighted by molar-refractivity contribution is 5.83. The zero-order valence-corrected chi connectivity index (χ0v) is 7.71. The summed E-state index contributed by atoms with van der Waals surface area (Å²) in [5.41, 5.74) is 0. The van der Waals surface area contributed by atoms with Gasteiger partial charge in [0.2, 0.25) is 0 Å². The summed E-state index contributed by atoms with van der Waals surface area (Å²) in [5, 5.41) is 0. The van der Waals surface area contributed by atoms with Crippen molar-refractivity contribution in [3.8, 4) is 0 Å². The fourth-order valence-electron chi connectivity index (χ4n) is 2.30. The Hall–Kier alpha value is -0.780. The number of fused-ring (bicyclic) bond motifs is 2. The van der Waals surface area contributed by atoms with Crippen LogP contribution in [0.3, 0.4) is 0 Å². The van der Waals surface area contributed by atoms with Crippen LogP contribution in [-0.2, 0) is 4.79 Å². The highest BCUT2D eigenvalue weighted by Crippen LogP contribution is 2.35. The first-order valence-corrected chi connectivity index (χ1v) is 4.47. The Kier molecular flexibility index (Phi) is 1.99. The quantitative estimate of drug-likeness (QED) is 0.577. The molecule has 0 aliphatic carbocycles. The Morgan fingerprint density at radius 1 is 1.29 bits per heavy atom. The molecule has 3 rings (SSSR count). The van der Waals surface area contributed by atoms with Gasteiger partial charge in [0.05, 0.1) is 0 Å². The van der Waals surface area contributed by atoms with Crippen LogP contribution < -0.4 is 0 Å². The number of halogens is 3. The summed E-state index contributed by atoms with van der Waals surface area (Å²) >= 11 is 0. The van der Waals surface area contributed by atoms with Crippen molar-refractivity contribution in [2.75, 3.05) is 20.1 Å². The second-order valence-corrected chi connectivity index (χ2v) is 3.97. The van der Waals surface area contributed by atoms with Crippen molar-refractivity contribution in [3.05, 3.63) is 0 Å². The molecule has 0 spiro atoms. The maximum absolute atomic E-state index is 12.1. The van der Waals surface area contributed by atoms with Crippen molar-refractivity contribution in [1.82, 2.24) is 9.80 Å². The number of amides is 1. The van der Waals surface area contributed by atoms with Gasteiger partial charge >= 0.3 is 12.1 Å². The molecule has 1 amide bonds. The number of carbonyl (C=O) groups excluding carboxylic acids is 1. The van der Waals surface area contributed by atoms with E-state index in [1.54, 1.807) is 0 Å². The van der Waals surface area contributed by atoms with Crippen molar-refractivity contribution in [2.24, 2.45) is 0 Å². The lowest BCUT2D eigenvalue weighted by atomic mass is 9.87. The average molecular weight is 208 g/mol. The molecule has 3 saturated heterocycles. The number of piperazine rings is 1. The van der Waals surface area contributed by atoms with Crippen molar-refractivity contribution in [1.29, 1.82) is 0 Å². The van der Waals surface area contributed by atoms with Crippen molar-refractivity contribution >= 4 is 5.91 Å². The Labute approximate surface area is 79.5 Å². The van der Waals surface area contributed by atoms with Crippen molar-refractivity contribution in [2.45, 2.75) is 24.7 Å². The SMILES string of the molecule is CN1CC2CC(C1)N2C(=O)C(F)(F)F. The van der Waals surface area contributed by atoms with E-state index in [1.165, 1.54) is 0 Å². The van der Waals surface area contributed by atoms with E-state index < -0.39 is 12.1 Å². The number of nitrogens with zero attached hydrogens (tertiary/aromatic N) is 2. The summed E-state index contributed by atoms with van der Waals surface area (Å²) in [6.45, 7) is 1.11. The van der Waals surface area contributed by atoms with E-state index in [4.69, 9.17) is 0 Å². The predicted molar refractivity (Wildman–Crippen MR) is 42.6 cm³/mol. The average Bonchev–Trinajstić information content (AvgIpc) is 2.01. The Morgan fingerprint density at radius 3 is 2.21 bits per heavy atom. The second kappa shape index (κ2) is 2.85. The zero-order chi connectivity index (χ0) is 10.5. The van der Waals surface area contributed by atoms with E-state index in [0.29, 0.717) is 19.5 Å². The second-order valence-electron chi connectivity index (χ2n) is 3.97. The third-order valence-electron chi connectivity index (χ3n) is 2.85. The van der Waals surface area contributed by atoms with Gasteiger partial charge in [-0.05, 0) is 13.5 Å². The van der Waals surface area contributed by atoms with Crippen LogP contribution in [0.25, 0.3) is 0 Å². The van der Waals surface area contributed by atoms with Gasteiger partial charge in [-0.25, -0.2) is 0 Å². The Bertz CT molecular complexity index is 254. The van der Waals surface area contributed by atoms with Gasteiger partial charge in [-0.15, -0.1) is 0 Å². The zero-order valence-electron chi connectivity index (χ0n) is 7.71. The highest BCUT2D eigenvalue weighted by atomic mass is 19.4. The first-order chi connectivity index (χ1) is 6.39. The molecular weight excluding hydrogens is 197 g/mol. The summed E-state index contributed by atoms with van der Waals surface area (Å²) in [6.07, 6.45) is -4.00. The van der Waals surface area contributed by atoms with E-state index in [-0.39, 0.29) is 12.1 Å². The third kappa shape index (κ3) is 1.37. The Morgan fingerprint density at radius 2 is 1.79 bits per heavy atom. The number of alkyl halides is 3. The lowest BCUT2D eigenvalue weighted by Crippen LogP contribution is -2.71.